The Hall–Kier alpha value is -3.59. The molecule has 4 rings (SSSR count). The van der Waals surface area contributed by atoms with Gasteiger partial charge in [0.05, 0.1) is 25.8 Å². The molecule has 2 heterocycles. The highest BCUT2D eigenvalue weighted by atomic mass is 19.1. The largest absolute Gasteiger partial charge is 0.497 e. The number of hydrogen-bond donors (Lipinski definition) is 2. The molecule has 2 N–H and O–H groups in total. The highest BCUT2D eigenvalue weighted by Crippen LogP contribution is 2.30. The van der Waals surface area contributed by atoms with E-state index in [-0.39, 0.29) is 11.8 Å². The quantitative estimate of drug-likeness (QED) is 0.653. The number of carbonyl (C=O) groups excluding carboxylic acids is 2. The monoisotopic (exact) mass is 454 g/mol. The number of piperazine rings is 1. The minimum atomic E-state index is -0.656. The molecule has 2 aromatic rings. The van der Waals surface area contributed by atoms with E-state index >= 15 is 0 Å². The summed E-state index contributed by atoms with van der Waals surface area (Å²) in [5.74, 6) is -0.134. The van der Waals surface area contributed by atoms with Gasteiger partial charge >= 0.3 is 12.0 Å². The third kappa shape index (κ3) is 5.09. The van der Waals surface area contributed by atoms with E-state index in [1.54, 1.807) is 31.4 Å². The second-order valence-electron chi connectivity index (χ2n) is 7.93. The van der Waals surface area contributed by atoms with Crippen LogP contribution in [-0.2, 0) is 9.53 Å². The van der Waals surface area contributed by atoms with Gasteiger partial charge in [-0.3, -0.25) is 4.90 Å². The Balaban J connectivity index is 1.54. The summed E-state index contributed by atoms with van der Waals surface area (Å²) in [4.78, 5) is 29.6. The van der Waals surface area contributed by atoms with Gasteiger partial charge in [-0.25, -0.2) is 14.0 Å². The number of hydrogen-bond acceptors (Lipinski definition) is 6. The summed E-state index contributed by atoms with van der Waals surface area (Å²) in [6, 6.07) is 12.7. The zero-order chi connectivity index (χ0) is 23.4. The first kappa shape index (κ1) is 22.6. The maximum absolute atomic E-state index is 13.2. The number of anilines is 1. The van der Waals surface area contributed by atoms with Gasteiger partial charge in [0, 0.05) is 44.1 Å². The first-order valence-corrected chi connectivity index (χ1v) is 10.7. The molecule has 2 amide bonds. The van der Waals surface area contributed by atoms with Crippen molar-refractivity contribution < 1.29 is 23.5 Å². The van der Waals surface area contributed by atoms with Gasteiger partial charge in [-0.05, 0) is 42.0 Å². The molecule has 2 aliphatic heterocycles. The van der Waals surface area contributed by atoms with Crippen LogP contribution in [-0.4, -0.2) is 63.8 Å². The Morgan fingerprint density at radius 3 is 2.48 bits per heavy atom. The molecule has 0 bridgehead atoms. The van der Waals surface area contributed by atoms with Crippen LogP contribution < -0.4 is 20.3 Å². The minimum absolute atomic E-state index is 0.257. The summed E-state index contributed by atoms with van der Waals surface area (Å²) in [5.41, 5.74) is 2.59. The van der Waals surface area contributed by atoms with Crippen molar-refractivity contribution in [3.8, 4) is 5.75 Å². The molecule has 33 heavy (non-hydrogen) atoms. The number of amides is 2. The molecule has 0 aliphatic carbocycles. The van der Waals surface area contributed by atoms with Crippen LogP contribution in [0.3, 0.4) is 0 Å². The predicted molar refractivity (Wildman–Crippen MR) is 121 cm³/mol. The van der Waals surface area contributed by atoms with E-state index in [1.165, 1.54) is 19.2 Å². The number of benzene rings is 2. The second kappa shape index (κ2) is 9.91. The van der Waals surface area contributed by atoms with Crippen LogP contribution in [0.4, 0.5) is 14.9 Å². The Morgan fingerprint density at radius 1 is 1.09 bits per heavy atom. The topological polar surface area (TPSA) is 83.1 Å². The number of nitrogens with zero attached hydrogens (tertiary/aromatic N) is 2. The fourth-order valence-corrected chi connectivity index (χ4v) is 4.20. The summed E-state index contributed by atoms with van der Waals surface area (Å²) in [5, 5.41) is 5.63. The SMILES string of the molecule is COC(=O)C1=C(CN2CCN(c3ccc(F)cc3)CC2)NC(=O)N[C@@H]1c1cccc(OC)c1. The van der Waals surface area contributed by atoms with E-state index in [0.717, 1.165) is 37.4 Å². The number of nitrogens with one attached hydrogen (secondary N) is 2. The van der Waals surface area contributed by atoms with Gasteiger partial charge in [-0.2, -0.15) is 0 Å². The third-order valence-corrected chi connectivity index (χ3v) is 5.93. The lowest BCUT2D eigenvalue weighted by molar-refractivity contribution is -0.136. The number of rotatable bonds is 6. The lowest BCUT2D eigenvalue weighted by Crippen LogP contribution is -2.51. The van der Waals surface area contributed by atoms with E-state index < -0.39 is 12.0 Å². The van der Waals surface area contributed by atoms with E-state index in [9.17, 15) is 14.0 Å². The average molecular weight is 455 g/mol. The van der Waals surface area contributed by atoms with Crippen molar-refractivity contribution in [1.29, 1.82) is 0 Å². The fraction of sp³-hybridized carbons (Fsp3) is 0.333. The summed E-state index contributed by atoms with van der Waals surface area (Å²) >= 11 is 0. The minimum Gasteiger partial charge on any atom is -0.497 e. The highest BCUT2D eigenvalue weighted by Gasteiger charge is 2.34. The molecule has 0 unspecified atom stereocenters. The van der Waals surface area contributed by atoms with Crippen LogP contribution in [0.15, 0.2) is 59.8 Å². The average Bonchev–Trinajstić information content (AvgIpc) is 2.84. The van der Waals surface area contributed by atoms with Crippen LogP contribution in [0.5, 0.6) is 5.75 Å². The van der Waals surface area contributed by atoms with Crippen LogP contribution in [0, 0.1) is 5.82 Å². The van der Waals surface area contributed by atoms with Crippen LogP contribution >= 0.6 is 0 Å². The predicted octanol–water partition coefficient (Wildman–Crippen LogP) is 2.44. The lowest BCUT2D eigenvalue weighted by atomic mass is 9.94. The number of carbonyl (C=O) groups is 2. The summed E-state index contributed by atoms with van der Waals surface area (Å²) in [6.45, 7) is 3.34. The number of methoxy groups -OCH3 is 2. The lowest BCUT2D eigenvalue weighted by Gasteiger charge is -2.38. The number of ether oxygens (including phenoxy) is 2. The number of esters is 1. The maximum Gasteiger partial charge on any atom is 0.338 e. The van der Waals surface area contributed by atoms with Crippen molar-refractivity contribution in [2.75, 3.05) is 51.8 Å². The molecule has 9 heteroatoms. The van der Waals surface area contributed by atoms with E-state index in [1.807, 2.05) is 12.1 Å². The summed E-state index contributed by atoms with van der Waals surface area (Å²) in [7, 11) is 2.89. The molecule has 8 nitrogen and oxygen atoms in total. The van der Waals surface area contributed by atoms with Gasteiger partial charge in [-0.15, -0.1) is 0 Å². The molecule has 174 valence electrons. The fourth-order valence-electron chi connectivity index (χ4n) is 4.20. The molecule has 1 atom stereocenters. The van der Waals surface area contributed by atoms with Crippen LogP contribution in [0.25, 0.3) is 0 Å². The highest BCUT2D eigenvalue weighted by molar-refractivity contribution is 5.95. The maximum atomic E-state index is 13.2. The van der Waals surface area contributed by atoms with Crippen molar-refractivity contribution in [1.82, 2.24) is 15.5 Å². The molecule has 0 spiro atoms. The number of halogens is 1. The van der Waals surface area contributed by atoms with Crippen molar-refractivity contribution in [2.45, 2.75) is 6.04 Å². The molecular formula is C24H27FN4O4. The standard InChI is InChI=1S/C24H27FN4O4/c1-32-19-5-3-4-16(14-19)22-21(23(30)33-2)20(26-24(31)27-22)15-28-10-12-29(13-11-28)18-8-6-17(25)7-9-18/h3-9,14,22H,10-13,15H2,1-2H3,(H2,26,27,31)/t22-/m1/s1. The Labute approximate surface area is 192 Å². The van der Waals surface area contributed by atoms with E-state index in [2.05, 4.69) is 20.4 Å². The first-order valence-electron chi connectivity index (χ1n) is 10.7. The smallest absolute Gasteiger partial charge is 0.338 e. The van der Waals surface area contributed by atoms with Gasteiger partial charge in [-0.1, -0.05) is 12.1 Å². The molecule has 2 aromatic carbocycles. The third-order valence-electron chi connectivity index (χ3n) is 5.93. The van der Waals surface area contributed by atoms with Gasteiger partial charge in [0.25, 0.3) is 0 Å². The second-order valence-corrected chi connectivity index (χ2v) is 7.93. The Kier molecular flexibility index (Phi) is 6.79. The summed E-state index contributed by atoms with van der Waals surface area (Å²) < 4.78 is 23.6. The Morgan fingerprint density at radius 2 is 1.82 bits per heavy atom. The number of urea groups is 1. The van der Waals surface area contributed by atoms with E-state index in [0.29, 0.717) is 23.6 Å². The van der Waals surface area contributed by atoms with Crippen molar-refractivity contribution in [2.24, 2.45) is 0 Å². The zero-order valence-electron chi connectivity index (χ0n) is 18.6. The van der Waals surface area contributed by atoms with Crippen LogP contribution in [0.2, 0.25) is 0 Å². The molecule has 1 fully saturated rings. The molecule has 2 aliphatic rings. The zero-order valence-corrected chi connectivity index (χ0v) is 18.6. The Bertz CT molecular complexity index is 1050. The van der Waals surface area contributed by atoms with Gasteiger partial charge in [0.15, 0.2) is 0 Å². The molecule has 1 saturated heterocycles. The summed E-state index contributed by atoms with van der Waals surface area (Å²) in [6.07, 6.45) is 0. The molecule has 0 saturated carbocycles. The van der Waals surface area contributed by atoms with Gasteiger partial charge < -0.3 is 25.0 Å². The van der Waals surface area contributed by atoms with Crippen molar-refractivity contribution >= 4 is 17.7 Å². The first-order chi connectivity index (χ1) is 16.0. The molecule has 0 radical (unpaired) electrons. The normalized spacial score (nSPS) is 19.1. The van der Waals surface area contributed by atoms with Gasteiger partial charge in [0.1, 0.15) is 11.6 Å². The molecule has 0 aromatic heterocycles. The van der Waals surface area contributed by atoms with Gasteiger partial charge in [0.2, 0.25) is 0 Å². The van der Waals surface area contributed by atoms with Crippen molar-refractivity contribution in [3.05, 3.63) is 71.2 Å². The van der Waals surface area contributed by atoms with Crippen molar-refractivity contribution in [3.63, 3.8) is 0 Å². The molecular weight excluding hydrogens is 427 g/mol. The van der Waals surface area contributed by atoms with Crippen LogP contribution in [0.1, 0.15) is 11.6 Å². The van der Waals surface area contributed by atoms with E-state index in [4.69, 9.17) is 9.47 Å².